The summed E-state index contributed by atoms with van der Waals surface area (Å²) in [4.78, 5) is 14.7. The number of methoxy groups -OCH3 is 1. The van der Waals surface area contributed by atoms with Gasteiger partial charge in [-0.05, 0) is 52.0 Å². The number of nitrogens with zero attached hydrogens (tertiary/aromatic N) is 2. The van der Waals surface area contributed by atoms with Gasteiger partial charge >= 0.3 is 5.69 Å². The highest BCUT2D eigenvalue weighted by Gasteiger charge is 2.33. The highest BCUT2D eigenvalue weighted by atomic mass is 16.6. The quantitative estimate of drug-likeness (QED) is 0.262. The largest absolute Gasteiger partial charge is 0.379 e. The van der Waals surface area contributed by atoms with E-state index in [1.54, 1.807) is 13.2 Å². The number of hydrogen-bond acceptors (Lipinski definition) is 5. The summed E-state index contributed by atoms with van der Waals surface area (Å²) in [5.41, 5.74) is 2.00. The van der Waals surface area contributed by atoms with Crippen molar-refractivity contribution < 1.29 is 9.66 Å². The zero-order chi connectivity index (χ0) is 23.2. The van der Waals surface area contributed by atoms with Crippen LogP contribution in [0.15, 0.2) is 18.9 Å². The minimum Gasteiger partial charge on any atom is -0.379 e. The molecular formula is C24H41N3O3. The first-order valence-corrected chi connectivity index (χ1v) is 11.0. The van der Waals surface area contributed by atoms with Crippen molar-refractivity contribution in [3.8, 4) is 0 Å². The maximum atomic E-state index is 11.1. The van der Waals surface area contributed by atoms with E-state index in [1.807, 2.05) is 32.9 Å². The average Bonchev–Trinajstić information content (AvgIpc) is 2.69. The number of hydrogen-bond donors (Lipinski definition) is 1. The lowest BCUT2D eigenvalue weighted by atomic mass is 9.74. The Morgan fingerprint density at radius 3 is 2.40 bits per heavy atom. The molecule has 0 saturated heterocycles. The van der Waals surface area contributed by atoms with Crippen LogP contribution in [0.2, 0.25) is 0 Å². The van der Waals surface area contributed by atoms with Gasteiger partial charge in [0.2, 0.25) is 0 Å². The van der Waals surface area contributed by atoms with Crippen LogP contribution in [0.4, 0.5) is 11.4 Å². The van der Waals surface area contributed by atoms with Crippen molar-refractivity contribution in [3.63, 3.8) is 0 Å². The lowest BCUT2D eigenvalue weighted by Gasteiger charge is -2.39. The van der Waals surface area contributed by atoms with Crippen LogP contribution in [0.25, 0.3) is 12.2 Å². The van der Waals surface area contributed by atoms with Crippen LogP contribution in [0, 0.1) is 16.0 Å². The number of rotatable bonds is 9. The number of anilines is 1. The van der Waals surface area contributed by atoms with E-state index in [4.69, 9.17) is 4.74 Å². The molecule has 0 aliphatic heterocycles. The molecule has 1 aliphatic carbocycles. The van der Waals surface area contributed by atoms with Gasteiger partial charge in [-0.2, -0.15) is 0 Å². The summed E-state index contributed by atoms with van der Waals surface area (Å²) >= 11 is 0. The topological polar surface area (TPSA) is 77.3 Å². The Morgan fingerprint density at radius 2 is 2.03 bits per heavy atom. The van der Waals surface area contributed by atoms with Crippen molar-refractivity contribution in [3.05, 3.63) is 40.2 Å². The number of allylic oxidation sites excluding steroid dienone is 1. The van der Waals surface area contributed by atoms with E-state index in [2.05, 4.69) is 37.7 Å². The van der Waals surface area contributed by atoms with Gasteiger partial charge < -0.3 is 10.1 Å². The molecule has 0 amide bonds. The molecule has 0 bridgehead atoms. The molecule has 1 aromatic rings. The van der Waals surface area contributed by atoms with E-state index >= 15 is 0 Å². The SMILES string of the molecule is C=Cc1ncc([N+](=O)[O-])c(NCCCC)c1/C=C\C.CC.COC(C)(C)C1CCC1. The Kier molecular flexibility index (Phi) is 13.6. The summed E-state index contributed by atoms with van der Waals surface area (Å²) in [7, 11) is 1.80. The molecule has 170 valence electrons. The highest BCUT2D eigenvalue weighted by Crippen LogP contribution is 2.37. The van der Waals surface area contributed by atoms with Gasteiger partial charge in [-0.15, -0.1) is 0 Å². The van der Waals surface area contributed by atoms with Crippen LogP contribution >= 0.6 is 0 Å². The third kappa shape index (κ3) is 8.27. The fraction of sp³-hybridized carbons (Fsp3) is 0.625. The number of nitro groups is 1. The van der Waals surface area contributed by atoms with E-state index in [-0.39, 0.29) is 11.3 Å². The first-order chi connectivity index (χ1) is 14.3. The third-order valence-corrected chi connectivity index (χ3v) is 5.30. The summed E-state index contributed by atoms with van der Waals surface area (Å²) in [6, 6.07) is 0. The number of ether oxygens (including phenoxy) is 1. The molecule has 2 rings (SSSR count). The lowest BCUT2D eigenvalue weighted by molar-refractivity contribution is -0.384. The van der Waals surface area contributed by atoms with E-state index < -0.39 is 4.92 Å². The molecular weight excluding hydrogens is 378 g/mol. The van der Waals surface area contributed by atoms with Gasteiger partial charge in [0.15, 0.2) is 0 Å². The summed E-state index contributed by atoms with van der Waals surface area (Å²) in [5.74, 6) is 0.822. The maximum Gasteiger partial charge on any atom is 0.311 e. The second-order valence-electron chi connectivity index (χ2n) is 7.49. The zero-order valence-electron chi connectivity index (χ0n) is 20.0. The average molecular weight is 420 g/mol. The van der Waals surface area contributed by atoms with Crippen LogP contribution in [-0.4, -0.2) is 29.2 Å². The monoisotopic (exact) mass is 419 g/mol. The van der Waals surface area contributed by atoms with Gasteiger partial charge in [0.1, 0.15) is 11.9 Å². The summed E-state index contributed by atoms with van der Waals surface area (Å²) < 4.78 is 5.34. The Balaban J connectivity index is 0.000000636. The predicted octanol–water partition coefficient (Wildman–Crippen LogP) is 7.12. The van der Waals surface area contributed by atoms with Gasteiger partial charge in [0.05, 0.1) is 16.2 Å². The minimum atomic E-state index is -0.416. The molecule has 1 fully saturated rings. The second-order valence-corrected chi connectivity index (χ2v) is 7.49. The van der Waals surface area contributed by atoms with Crippen LogP contribution in [0.1, 0.15) is 84.9 Å². The van der Waals surface area contributed by atoms with Crippen LogP contribution in [0.3, 0.4) is 0 Å². The van der Waals surface area contributed by atoms with E-state index in [9.17, 15) is 10.1 Å². The molecule has 0 radical (unpaired) electrons. The van der Waals surface area contributed by atoms with Gasteiger partial charge in [0, 0.05) is 19.2 Å². The Labute approximate surface area is 183 Å². The smallest absolute Gasteiger partial charge is 0.311 e. The van der Waals surface area contributed by atoms with Gasteiger partial charge in [-0.25, -0.2) is 4.98 Å². The fourth-order valence-corrected chi connectivity index (χ4v) is 3.01. The van der Waals surface area contributed by atoms with Crippen molar-refractivity contribution in [2.45, 2.75) is 79.2 Å². The van der Waals surface area contributed by atoms with Crippen molar-refractivity contribution in [2.24, 2.45) is 5.92 Å². The Hall–Kier alpha value is -2.21. The van der Waals surface area contributed by atoms with E-state index in [0.717, 1.165) is 18.8 Å². The number of nitrogens with one attached hydrogen (secondary N) is 1. The Bertz CT molecular complexity index is 681. The normalized spacial score (nSPS) is 13.4. The number of pyridine rings is 1. The molecule has 0 unspecified atom stereocenters. The van der Waals surface area contributed by atoms with Gasteiger partial charge in [-0.3, -0.25) is 10.1 Å². The molecule has 1 saturated carbocycles. The maximum absolute atomic E-state index is 11.1. The molecule has 6 heteroatoms. The molecule has 0 aromatic carbocycles. The van der Waals surface area contributed by atoms with E-state index in [1.165, 1.54) is 25.5 Å². The summed E-state index contributed by atoms with van der Waals surface area (Å²) in [6.45, 7) is 16.7. The molecule has 1 heterocycles. The van der Waals surface area contributed by atoms with Crippen molar-refractivity contribution >= 4 is 23.5 Å². The zero-order valence-corrected chi connectivity index (χ0v) is 20.0. The molecule has 6 nitrogen and oxygen atoms in total. The van der Waals surface area contributed by atoms with E-state index in [0.29, 0.717) is 23.5 Å². The van der Waals surface area contributed by atoms with Crippen LogP contribution < -0.4 is 5.32 Å². The van der Waals surface area contributed by atoms with Crippen molar-refractivity contribution in [1.29, 1.82) is 0 Å². The summed E-state index contributed by atoms with van der Waals surface area (Å²) in [6.07, 6.45) is 12.6. The second kappa shape index (κ2) is 14.7. The third-order valence-electron chi connectivity index (χ3n) is 5.30. The number of aromatic nitrogens is 1. The molecule has 1 N–H and O–H groups in total. The highest BCUT2D eigenvalue weighted by molar-refractivity contribution is 5.79. The number of unbranched alkanes of at least 4 members (excludes halogenated alkanes) is 1. The molecule has 0 atom stereocenters. The molecule has 1 aromatic heterocycles. The standard InChI is InChI=1S/C14H19N3O2.C8H16O.C2H6/c1-4-7-9-15-14-11(8-5-2)12(6-3)16-10-13(14)17(18)19;1-8(2,9-3)7-5-4-6-7;1-2/h5-6,8,10H,3-4,7,9H2,1-2H3,(H,15,16);7H,4-6H2,1-3H3;1-2H3/b8-5-;;. The van der Waals surface area contributed by atoms with Crippen molar-refractivity contribution in [2.75, 3.05) is 19.0 Å². The Morgan fingerprint density at radius 1 is 1.40 bits per heavy atom. The van der Waals surface area contributed by atoms with Crippen molar-refractivity contribution in [1.82, 2.24) is 4.98 Å². The lowest BCUT2D eigenvalue weighted by Crippen LogP contribution is -2.37. The predicted molar refractivity (Wildman–Crippen MR) is 129 cm³/mol. The first kappa shape index (κ1) is 27.8. The molecule has 30 heavy (non-hydrogen) atoms. The van der Waals surface area contributed by atoms with Gasteiger partial charge in [-0.1, -0.05) is 52.3 Å². The fourth-order valence-electron chi connectivity index (χ4n) is 3.01. The van der Waals surface area contributed by atoms with Crippen LogP contribution in [0.5, 0.6) is 0 Å². The molecule has 1 aliphatic rings. The minimum absolute atomic E-state index is 0.00481. The van der Waals surface area contributed by atoms with Gasteiger partial charge in [0.25, 0.3) is 0 Å². The molecule has 0 spiro atoms. The first-order valence-electron chi connectivity index (χ1n) is 11.0. The summed E-state index contributed by atoms with van der Waals surface area (Å²) in [5, 5.41) is 14.2. The van der Waals surface area contributed by atoms with Crippen LogP contribution in [-0.2, 0) is 4.74 Å².